The number of sulfonamides is 2. The second kappa shape index (κ2) is 10.3. The van der Waals surface area contributed by atoms with Crippen molar-refractivity contribution in [1.82, 2.24) is 10.2 Å². The molecule has 0 radical (unpaired) electrons. The summed E-state index contributed by atoms with van der Waals surface area (Å²) in [7, 11) is -9.03. The van der Waals surface area contributed by atoms with Gasteiger partial charge in [0.15, 0.2) is 0 Å². The fraction of sp³-hybridized carbons (Fsp3) is 0.0714. The Labute approximate surface area is 231 Å². The van der Waals surface area contributed by atoms with E-state index in [-0.39, 0.29) is 27.3 Å². The average molecular weight is 580 g/mol. The molecule has 0 atom stereocenters. The Morgan fingerprint density at radius 3 is 1.38 bits per heavy atom. The van der Waals surface area contributed by atoms with E-state index in [1.54, 1.807) is 48.5 Å². The van der Waals surface area contributed by atoms with Crippen LogP contribution < -0.4 is 3.71 Å². The minimum absolute atomic E-state index is 0.0719. The van der Waals surface area contributed by atoms with Gasteiger partial charge in [0.25, 0.3) is 20.0 Å². The summed E-state index contributed by atoms with van der Waals surface area (Å²) in [5.74, 6) is 0.456. The van der Waals surface area contributed by atoms with Crippen molar-refractivity contribution < 1.29 is 21.3 Å². The maximum atomic E-state index is 13.8. The third-order valence-corrected chi connectivity index (χ3v) is 10.4. The first kappa shape index (κ1) is 26.6. The van der Waals surface area contributed by atoms with Crippen molar-refractivity contribution in [3.63, 3.8) is 0 Å². The maximum Gasteiger partial charge on any atom is 0.277 e. The SMILES string of the molecule is Cc1ccc(S(=O)(=O)N(c2ccc(-c3nnc(-c4ccc(Cl)cc4)o3)cc2)S(=O)(=O)c2ccc(C)cc2)cc1. The molecule has 0 amide bonds. The van der Waals surface area contributed by atoms with Crippen LogP contribution >= 0.6 is 11.6 Å². The van der Waals surface area contributed by atoms with Crippen LogP contribution in [-0.4, -0.2) is 27.0 Å². The lowest BCUT2D eigenvalue weighted by molar-refractivity contribution is 0.584. The van der Waals surface area contributed by atoms with E-state index < -0.39 is 20.0 Å². The fourth-order valence-electron chi connectivity index (χ4n) is 3.79. The lowest BCUT2D eigenvalue weighted by Crippen LogP contribution is -2.37. The molecule has 0 aliphatic rings. The predicted octanol–water partition coefficient (Wildman–Crippen LogP) is 6.26. The number of anilines is 1. The van der Waals surface area contributed by atoms with Crippen molar-refractivity contribution in [2.45, 2.75) is 23.6 Å². The van der Waals surface area contributed by atoms with E-state index in [9.17, 15) is 16.8 Å². The Morgan fingerprint density at radius 1 is 0.590 bits per heavy atom. The molecule has 0 unspecified atom stereocenters. The Kier molecular flexibility index (Phi) is 7.02. The van der Waals surface area contributed by atoms with Crippen LogP contribution in [0.2, 0.25) is 5.02 Å². The maximum absolute atomic E-state index is 13.8. The van der Waals surface area contributed by atoms with Gasteiger partial charge in [-0.05, 0) is 86.6 Å². The number of benzene rings is 4. The van der Waals surface area contributed by atoms with Crippen molar-refractivity contribution >= 4 is 37.3 Å². The number of hydrogen-bond donors (Lipinski definition) is 0. The summed E-state index contributed by atoms with van der Waals surface area (Å²) in [6, 6.07) is 24.7. The van der Waals surface area contributed by atoms with E-state index in [2.05, 4.69) is 10.2 Å². The Morgan fingerprint density at radius 2 is 0.974 bits per heavy atom. The molecule has 0 saturated heterocycles. The van der Waals surface area contributed by atoms with Crippen LogP contribution in [0, 0.1) is 13.8 Å². The topological polar surface area (TPSA) is 110 Å². The van der Waals surface area contributed by atoms with Gasteiger partial charge in [0.05, 0.1) is 15.5 Å². The molecule has 0 bridgehead atoms. The van der Waals surface area contributed by atoms with E-state index >= 15 is 0 Å². The third kappa shape index (κ3) is 5.31. The average Bonchev–Trinajstić information content (AvgIpc) is 3.40. The van der Waals surface area contributed by atoms with Crippen molar-refractivity contribution in [2.75, 3.05) is 3.71 Å². The minimum Gasteiger partial charge on any atom is -0.416 e. The number of rotatable bonds is 7. The summed E-state index contributed by atoms with van der Waals surface area (Å²) in [4.78, 5) is -0.310. The first-order valence-electron chi connectivity index (χ1n) is 11.7. The van der Waals surface area contributed by atoms with E-state index in [1.807, 2.05) is 13.8 Å². The minimum atomic E-state index is -4.52. The van der Waals surface area contributed by atoms with E-state index in [0.717, 1.165) is 11.1 Å². The molecule has 1 heterocycles. The second-order valence-electron chi connectivity index (χ2n) is 8.80. The largest absolute Gasteiger partial charge is 0.416 e. The smallest absolute Gasteiger partial charge is 0.277 e. The van der Waals surface area contributed by atoms with Crippen LogP contribution in [0.15, 0.2) is 111 Å². The molecule has 0 saturated carbocycles. The number of aromatic nitrogens is 2. The van der Waals surface area contributed by atoms with Gasteiger partial charge in [-0.1, -0.05) is 47.0 Å². The highest BCUT2D eigenvalue weighted by atomic mass is 35.5. The van der Waals surface area contributed by atoms with Crippen LogP contribution in [0.25, 0.3) is 22.9 Å². The fourth-order valence-corrected chi connectivity index (χ4v) is 7.61. The molecule has 4 aromatic carbocycles. The molecule has 39 heavy (non-hydrogen) atoms. The molecule has 5 rings (SSSR count). The normalized spacial score (nSPS) is 11.9. The molecule has 5 aromatic rings. The Bertz CT molecular complexity index is 1760. The van der Waals surface area contributed by atoms with Crippen molar-refractivity contribution in [3.8, 4) is 22.9 Å². The molecule has 0 N–H and O–H groups in total. The zero-order valence-electron chi connectivity index (χ0n) is 20.8. The molecular formula is C28H22ClN3O5S2. The van der Waals surface area contributed by atoms with Gasteiger partial charge in [-0.3, -0.25) is 0 Å². The molecule has 0 aliphatic heterocycles. The molecule has 0 fully saturated rings. The number of aryl methyl sites for hydroxylation is 2. The third-order valence-electron chi connectivity index (χ3n) is 5.92. The van der Waals surface area contributed by atoms with Gasteiger partial charge >= 0.3 is 0 Å². The highest BCUT2D eigenvalue weighted by Gasteiger charge is 2.37. The molecule has 11 heteroatoms. The van der Waals surface area contributed by atoms with Crippen LogP contribution in [0.4, 0.5) is 5.69 Å². The first-order valence-corrected chi connectivity index (χ1v) is 15.0. The van der Waals surface area contributed by atoms with Crippen LogP contribution in [-0.2, 0) is 20.0 Å². The summed E-state index contributed by atoms with van der Waals surface area (Å²) in [5, 5.41) is 8.70. The standard InChI is InChI=1S/C28H22ClN3O5S2/c1-19-3-15-25(16-4-19)38(33,34)32(39(35,36)26-17-5-20(2)6-18-26)24-13-9-22(10-14-24)28-31-30-27(37-28)21-7-11-23(29)12-8-21/h3-18H,1-2H3. The van der Waals surface area contributed by atoms with Gasteiger partial charge in [0.2, 0.25) is 11.8 Å². The summed E-state index contributed by atoms with van der Waals surface area (Å²) in [5.41, 5.74) is 2.76. The lowest BCUT2D eigenvalue weighted by Gasteiger charge is -2.24. The van der Waals surface area contributed by atoms with Gasteiger partial charge in [0.1, 0.15) is 0 Å². The highest BCUT2D eigenvalue weighted by molar-refractivity contribution is 8.10. The highest BCUT2D eigenvalue weighted by Crippen LogP contribution is 2.33. The molecule has 0 spiro atoms. The van der Waals surface area contributed by atoms with Gasteiger partial charge in [0, 0.05) is 16.1 Å². The molecule has 198 valence electrons. The van der Waals surface area contributed by atoms with E-state index in [4.69, 9.17) is 16.0 Å². The Balaban J connectivity index is 1.57. The van der Waals surface area contributed by atoms with Crippen LogP contribution in [0.1, 0.15) is 11.1 Å². The zero-order valence-corrected chi connectivity index (χ0v) is 23.2. The lowest BCUT2D eigenvalue weighted by atomic mass is 10.2. The summed E-state index contributed by atoms with van der Waals surface area (Å²) in [6.07, 6.45) is 0. The van der Waals surface area contributed by atoms with E-state index in [1.165, 1.54) is 48.5 Å². The van der Waals surface area contributed by atoms with Crippen molar-refractivity contribution in [2.24, 2.45) is 0 Å². The predicted molar refractivity (Wildman–Crippen MR) is 149 cm³/mol. The molecular weight excluding hydrogens is 558 g/mol. The summed E-state index contributed by atoms with van der Waals surface area (Å²) >= 11 is 5.94. The van der Waals surface area contributed by atoms with Gasteiger partial charge in [-0.2, -0.15) is 3.71 Å². The molecule has 0 aliphatic carbocycles. The Hall–Kier alpha value is -3.99. The van der Waals surface area contributed by atoms with Crippen molar-refractivity contribution in [3.05, 3.63) is 113 Å². The summed E-state index contributed by atoms with van der Waals surface area (Å²) in [6.45, 7) is 3.62. The zero-order chi connectivity index (χ0) is 27.8. The van der Waals surface area contributed by atoms with Crippen LogP contribution in [0.5, 0.6) is 0 Å². The van der Waals surface area contributed by atoms with Gasteiger partial charge in [-0.25, -0.2) is 16.8 Å². The molecule has 1 aromatic heterocycles. The quantitative estimate of drug-likeness (QED) is 0.224. The number of halogens is 1. The van der Waals surface area contributed by atoms with Gasteiger partial charge in [-0.15, -0.1) is 10.2 Å². The van der Waals surface area contributed by atoms with Crippen molar-refractivity contribution in [1.29, 1.82) is 0 Å². The second-order valence-corrected chi connectivity index (χ2v) is 13.0. The number of hydrogen-bond acceptors (Lipinski definition) is 7. The van der Waals surface area contributed by atoms with Gasteiger partial charge < -0.3 is 4.42 Å². The summed E-state index contributed by atoms with van der Waals surface area (Å²) < 4.78 is 61.3. The van der Waals surface area contributed by atoms with E-state index in [0.29, 0.717) is 19.9 Å². The molecule has 8 nitrogen and oxygen atoms in total. The van der Waals surface area contributed by atoms with Crippen LogP contribution in [0.3, 0.4) is 0 Å². The monoisotopic (exact) mass is 579 g/mol. The number of nitrogens with zero attached hydrogens (tertiary/aromatic N) is 3. The first-order chi connectivity index (χ1) is 18.6.